The summed E-state index contributed by atoms with van der Waals surface area (Å²) in [5.41, 5.74) is 1.82. The number of hydrogen-bond donors (Lipinski definition) is 2. The Hall–Kier alpha value is -1.47. The second kappa shape index (κ2) is 6.60. The first kappa shape index (κ1) is 19.3. The number of fused-ring (bicyclic) bond motifs is 2. The molecule has 2 bridgehead atoms. The molecule has 148 valence electrons. The molecule has 0 spiro atoms. The van der Waals surface area contributed by atoms with E-state index in [0.29, 0.717) is 18.0 Å². The molecule has 0 radical (unpaired) electrons. The van der Waals surface area contributed by atoms with Gasteiger partial charge in [0.25, 0.3) is 5.91 Å². The molecule has 0 aromatic rings. The number of hydrogen-bond acceptors (Lipinski definition) is 7. The number of likely N-dealkylation sites (tertiary alicyclic amines) is 1. The molecule has 3 aliphatic heterocycles. The third-order valence-corrected chi connectivity index (χ3v) is 5.59. The van der Waals surface area contributed by atoms with Gasteiger partial charge in [0.05, 0.1) is 12.1 Å². The fourth-order valence-electron chi connectivity index (χ4n) is 3.79. The molecule has 3 aliphatic rings. The molecule has 12 heteroatoms. The van der Waals surface area contributed by atoms with Crippen molar-refractivity contribution in [1.82, 2.24) is 20.3 Å². The van der Waals surface area contributed by atoms with Crippen molar-refractivity contribution >= 4 is 22.3 Å². The summed E-state index contributed by atoms with van der Waals surface area (Å²) in [6.07, 6.45) is 0.990. The van der Waals surface area contributed by atoms with Gasteiger partial charge in [0.15, 0.2) is 0 Å². The highest BCUT2D eigenvalue weighted by atomic mass is 32.3. The van der Waals surface area contributed by atoms with Crippen LogP contribution in [-0.2, 0) is 24.3 Å². The van der Waals surface area contributed by atoms with Crippen molar-refractivity contribution in [2.24, 2.45) is 5.41 Å². The van der Waals surface area contributed by atoms with E-state index in [-0.39, 0.29) is 12.6 Å². The highest BCUT2D eigenvalue weighted by Gasteiger charge is 2.57. The molecule has 2 N–H and O–H groups in total. The number of likely N-dealkylation sites (N-methyl/N-ethyl adjacent to an activating group) is 1. The third-order valence-electron chi connectivity index (χ3n) is 5.24. The summed E-state index contributed by atoms with van der Waals surface area (Å²) >= 11 is 0. The van der Waals surface area contributed by atoms with Crippen LogP contribution in [0.4, 0.5) is 4.79 Å². The van der Waals surface area contributed by atoms with Gasteiger partial charge in [0.1, 0.15) is 6.04 Å². The molecule has 11 nitrogen and oxygen atoms in total. The maximum absolute atomic E-state index is 12.6. The normalized spacial score (nSPS) is 31.5. The number of rotatable bonds is 5. The summed E-state index contributed by atoms with van der Waals surface area (Å²) in [6, 6.07) is -2.20. The van der Waals surface area contributed by atoms with E-state index >= 15 is 0 Å². The number of amides is 3. The number of hydroxylamine groups is 3. The van der Waals surface area contributed by atoms with Crippen molar-refractivity contribution in [3.05, 3.63) is 0 Å². The van der Waals surface area contributed by atoms with Crippen LogP contribution < -0.4 is 5.48 Å². The first-order valence-electron chi connectivity index (χ1n) is 8.39. The molecular formula is C14H24N4O7S. The number of nitrogens with one attached hydrogen (secondary N) is 1. The smallest absolute Gasteiger partial charge is 0.309 e. The minimum atomic E-state index is -4.85. The van der Waals surface area contributed by atoms with Crippen LogP contribution in [0.2, 0.25) is 0 Å². The van der Waals surface area contributed by atoms with Crippen LogP contribution in [-0.4, -0.2) is 84.6 Å². The molecule has 1 unspecified atom stereocenters. The standard InChI is InChI=1S/C14H24N4O7S/c1-14(2)6-10(12(19)15-24-9-4-5-16(3)7-9)17-8-11(14)18(13(17)20)25-26(21,22)23/h9-11H,4-8H2,1-3H3,(H,15,19)(H,21,22,23)/t9?,10-,11-/m0/s1. The van der Waals surface area contributed by atoms with Crippen LogP contribution in [0.25, 0.3) is 0 Å². The lowest BCUT2D eigenvalue weighted by Crippen LogP contribution is -2.55. The average Bonchev–Trinajstić information content (AvgIpc) is 3.05. The van der Waals surface area contributed by atoms with Crippen LogP contribution in [0.15, 0.2) is 0 Å². The number of urea groups is 1. The Bertz CT molecular complexity index is 697. The van der Waals surface area contributed by atoms with E-state index in [1.54, 1.807) is 13.8 Å². The van der Waals surface area contributed by atoms with E-state index in [0.717, 1.165) is 13.0 Å². The third kappa shape index (κ3) is 3.78. The van der Waals surface area contributed by atoms with Gasteiger partial charge >= 0.3 is 16.4 Å². The molecule has 0 aromatic carbocycles. The second-order valence-electron chi connectivity index (χ2n) is 7.74. The zero-order valence-electron chi connectivity index (χ0n) is 14.9. The molecule has 3 amide bonds. The Kier molecular flexibility index (Phi) is 4.90. The lowest BCUT2D eigenvalue weighted by atomic mass is 9.76. The Morgan fingerprint density at radius 1 is 1.35 bits per heavy atom. The minimum absolute atomic E-state index is 0.109. The van der Waals surface area contributed by atoms with E-state index < -0.39 is 39.8 Å². The van der Waals surface area contributed by atoms with E-state index in [9.17, 15) is 18.0 Å². The van der Waals surface area contributed by atoms with Crippen molar-refractivity contribution in [2.45, 2.75) is 44.9 Å². The van der Waals surface area contributed by atoms with Crippen molar-refractivity contribution in [2.75, 3.05) is 26.7 Å². The fourth-order valence-corrected chi connectivity index (χ4v) is 4.16. The van der Waals surface area contributed by atoms with Crippen LogP contribution in [0.3, 0.4) is 0 Å². The topological polar surface area (TPSA) is 129 Å². The lowest BCUT2D eigenvalue weighted by Gasteiger charge is -2.40. The highest BCUT2D eigenvalue weighted by molar-refractivity contribution is 7.80. The van der Waals surface area contributed by atoms with E-state index in [1.807, 2.05) is 7.05 Å². The van der Waals surface area contributed by atoms with Gasteiger partial charge in [0.2, 0.25) is 0 Å². The van der Waals surface area contributed by atoms with Crippen molar-refractivity contribution in [3.8, 4) is 0 Å². The predicted octanol–water partition coefficient (Wildman–Crippen LogP) is -0.623. The molecule has 3 saturated heterocycles. The van der Waals surface area contributed by atoms with Gasteiger partial charge in [-0.15, -0.1) is 4.28 Å². The molecule has 3 fully saturated rings. The molecule has 3 heterocycles. The number of nitrogens with zero attached hydrogens (tertiary/aromatic N) is 3. The lowest BCUT2D eigenvalue weighted by molar-refractivity contribution is -0.145. The van der Waals surface area contributed by atoms with Crippen LogP contribution in [0.1, 0.15) is 26.7 Å². The van der Waals surface area contributed by atoms with Crippen LogP contribution in [0.5, 0.6) is 0 Å². The first-order valence-corrected chi connectivity index (χ1v) is 9.75. The van der Waals surface area contributed by atoms with Crippen molar-refractivity contribution in [3.63, 3.8) is 0 Å². The maximum Gasteiger partial charge on any atom is 0.418 e. The summed E-state index contributed by atoms with van der Waals surface area (Å²) in [5.74, 6) is -0.465. The van der Waals surface area contributed by atoms with Gasteiger partial charge in [-0.05, 0) is 25.3 Å². The summed E-state index contributed by atoms with van der Waals surface area (Å²) in [5, 5.41) is 0.634. The molecule has 0 aromatic heterocycles. The SMILES string of the molecule is CN1CCC(ONC(=O)[C@@H]2CC(C)(C)[C@@H]3CN2C(=O)N3OS(=O)(=O)O)C1. The van der Waals surface area contributed by atoms with Gasteiger partial charge < -0.3 is 9.80 Å². The second-order valence-corrected chi connectivity index (χ2v) is 8.75. The number of piperidine rings is 1. The maximum atomic E-state index is 12.6. The first-order chi connectivity index (χ1) is 12.0. The van der Waals surface area contributed by atoms with E-state index in [1.165, 1.54) is 4.90 Å². The molecular weight excluding hydrogens is 368 g/mol. The van der Waals surface area contributed by atoms with E-state index in [2.05, 4.69) is 14.7 Å². The summed E-state index contributed by atoms with van der Waals surface area (Å²) in [7, 11) is -2.89. The summed E-state index contributed by atoms with van der Waals surface area (Å²) < 4.78 is 35.4. The summed E-state index contributed by atoms with van der Waals surface area (Å²) in [6.45, 7) is 5.32. The number of carbonyl (C=O) groups is 2. The Morgan fingerprint density at radius 2 is 2.04 bits per heavy atom. The molecule has 0 aliphatic carbocycles. The Balaban J connectivity index is 1.70. The zero-order valence-corrected chi connectivity index (χ0v) is 15.7. The highest BCUT2D eigenvalue weighted by Crippen LogP contribution is 2.42. The van der Waals surface area contributed by atoms with Crippen molar-refractivity contribution in [1.29, 1.82) is 0 Å². The largest absolute Gasteiger partial charge is 0.418 e. The van der Waals surface area contributed by atoms with Gasteiger partial charge in [-0.2, -0.15) is 13.5 Å². The Labute approximate surface area is 152 Å². The minimum Gasteiger partial charge on any atom is -0.309 e. The van der Waals surface area contributed by atoms with Crippen molar-refractivity contribution < 1.29 is 31.7 Å². The van der Waals surface area contributed by atoms with Gasteiger partial charge in [0, 0.05) is 19.6 Å². The predicted molar refractivity (Wildman–Crippen MR) is 87.7 cm³/mol. The monoisotopic (exact) mass is 392 g/mol. The molecule has 3 rings (SSSR count). The molecule has 3 atom stereocenters. The van der Waals surface area contributed by atoms with Gasteiger partial charge in [-0.25, -0.2) is 10.3 Å². The average molecular weight is 392 g/mol. The van der Waals surface area contributed by atoms with Gasteiger partial charge in [-0.3, -0.25) is 14.2 Å². The van der Waals surface area contributed by atoms with Crippen LogP contribution >= 0.6 is 0 Å². The van der Waals surface area contributed by atoms with Gasteiger partial charge in [-0.1, -0.05) is 13.8 Å². The zero-order chi connectivity index (χ0) is 19.3. The molecule has 0 saturated carbocycles. The molecule has 26 heavy (non-hydrogen) atoms. The Morgan fingerprint density at radius 3 is 2.62 bits per heavy atom. The number of carbonyl (C=O) groups excluding carboxylic acids is 2. The quantitative estimate of drug-likeness (QED) is 0.468. The van der Waals surface area contributed by atoms with Crippen LogP contribution in [0, 0.1) is 5.41 Å². The summed E-state index contributed by atoms with van der Waals surface area (Å²) in [4.78, 5) is 33.8. The fraction of sp³-hybridized carbons (Fsp3) is 0.857. The van der Waals surface area contributed by atoms with E-state index in [4.69, 9.17) is 9.39 Å².